The molecule has 0 aliphatic heterocycles. The first-order valence-corrected chi connectivity index (χ1v) is 7.03. The lowest BCUT2D eigenvalue weighted by atomic mass is 9.96. The van der Waals surface area contributed by atoms with E-state index in [0.717, 1.165) is 18.4 Å². The Labute approximate surface area is 113 Å². The average molecular weight is 264 g/mol. The number of rotatable bonds is 4. The maximum atomic E-state index is 13.0. The van der Waals surface area contributed by atoms with Crippen molar-refractivity contribution in [3.05, 3.63) is 35.6 Å². The summed E-state index contributed by atoms with van der Waals surface area (Å²) in [6.45, 7) is 0.530. The number of carbonyl (C=O) groups is 1. The zero-order valence-electron chi connectivity index (χ0n) is 11.1. The molecule has 1 saturated carbocycles. The number of amides is 2. The van der Waals surface area contributed by atoms with E-state index in [2.05, 4.69) is 10.6 Å². The molecule has 4 heteroatoms. The van der Waals surface area contributed by atoms with Gasteiger partial charge in [-0.2, -0.15) is 0 Å². The fourth-order valence-corrected chi connectivity index (χ4v) is 2.50. The molecule has 0 spiro atoms. The monoisotopic (exact) mass is 264 g/mol. The zero-order chi connectivity index (χ0) is 13.5. The molecule has 1 aliphatic rings. The van der Waals surface area contributed by atoms with E-state index in [0.29, 0.717) is 19.0 Å². The fraction of sp³-hybridized carbons (Fsp3) is 0.533. The van der Waals surface area contributed by atoms with E-state index in [9.17, 15) is 9.18 Å². The van der Waals surface area contributed by atoms with Gasteiger partial charge in [-0.05, 0) is 37.0 Å². The molecule has 2 N–H and O–H groups in total. The first-order valence-electron chi connectivity index (χ1n) is 7.03. The van der Waals surface area contributed by atoms with Crippen LogP contribution in [0.4, 0.5) is 9.18 Å². The van der Waals surface area contributed by atoms with Crippen LogP contribution in [0.25, 0.3) is 0 Å². The highest BCUT2D eigenvalue weighted by molar-refractivity contribution is 5.74. The van der Waals surface area contributed by atoms with Gasteiger partial charge < -0.3 is 10.6 Å². The quantitative estimate of drug-likeness (QED) is 0.862. The Morgan fingerprint density at radius 3 is 2.79 bits per heavy atom. The summed E-state index contributed by atoms with van der Waals surface area (Å²) in [5.74, 6) is -0.232. The van der Waals surface area contributed by atoms with Crippen molar-refractivity contribution >= 4 is 6.03 Å². The number of urea groups is 1. The number of hydrogen-bond acceptors (Lipinski definition) is 1. The Bertz CT molecular complexity index is 416. The van der Waals surface area contributed by atoms with Crippen LogP contribution in [-0.4, -0.2) is 18.6 Å². The molecule has 2 amide bonds. The summed E-state index contributed by atoms with van der Waals surface area (Å²) in [4.78, 5) is 11.7. The van der Waals surface area contributed by atoms with Gasteiger partial charge in [-0.3, -0.25) is 0 Å². The number of halogens is 1. The molecule has 3 nitrogen and oxygen atoms in total. The van der Waals surface area contributed by atoms with Gasteiger partial charge >= 0.3 is 6.03 Å². The predicted molar refractivity (Wildman–Crippen MR) is 73.5 cm³/mol. The number of benzene rings is 1. The van der Waals surface area contributed by atoms with Crippen molar-refractivity contribution in [2.75, 3.05) is 6.54 Å². The molecule has 1 fully saturated rings. The van der Waals surface area contributed by atoms with E-state index in [4.69, 9.17) is 0 Å². The van der Waals surface area contributed by atoms with Crippen LogP contribution < -0.4 is 10.6 Å². The third-order valence-electron chi connectivity index (χ3n) is 3.53. The van der Waals surface area contributed by atoms with Crippen LogP contribution in [0.5, 0.6) is 0 Å². The summed E-state index contributed by atoms with van der Waals surface area (Å²) < 4.78 is 13.0. The fourth-order valence-electron chi connectivity index (χ4n) is 2.50. The molecular weight excluding hydrogens is 243 g/mol. The second-order valence-electron chi connectivity index (χ2n) is 5.12. The molecule has 0 atom stereocenters. The van der Waals surface area contributed by atoms with Crippen LogP contribution in [-0.2, 0) is 6.42 Å². The van der Waals surface area contributed by atoms with Crippen LogP contribution in [0, 0.1) is 5.82 Å². The second-order valence-corrected chi connectivity index (χ2v) is 5.12. The molecule has 0 saturated heterocycles. The second kappa shape index (κ2) is 7.12. The molecule has 1 aliphatic carbocycles. The highest BCUT2D eigenvalue weighted by Gasteiger charge is 2.14. The van der Waals surface area contributed by atoms with E-state index >= 15 is 0 Å². The van der Waals surface area contributed by atoms with Gasteiger partial charge in [-0.15, -0.1) is 0 Å². The van der Waals surface area contributed by atoms with Crippen LogP contribution >= 0.6 is 0 Å². The summed E-state index contributed by atoms with van der Waals surface area (Å²) in [5.41, 5.74) is 0.901. The first kappa shape index (κ1) is 13.8. The Hall–Kier alpha value is -1.58. The lowest BCUT2D eigenvalue weighted by Crippen LogP contribution is -2.43. The van der Waals surface area contributed by atoms with Crippen molar-refractivity contribution in [1.29, 1.82) is 0 Å². The van der Waals surface area contributed by atoms with E-state index in [1.165, 1.54) is 31.4 Å². The maximum Gasteiger partial charge on any atom is 0.315 e. The highest BCUT2D eigenvalue weighted by Crippen LogP contribution is 2.17. The van der Waals surface area contributed by atoms with Crippen LogP contribution in [0.1, 0.15) is 37.7 Å². The van der Waals surface area contributed by atoms with Gasteiger partial charge in [-0.25, -0.2) is 9.18 Å². The van der Waals surface area contributed by atoms with Crippen molar-refractivity contribution in [1.82, 2.24) is 10.6 Å². The van der Waals surface area contributed by atoms with Crippen LogP contribution in [0.3, 0.4) is 0 Å². The van der Waals surface area contributed by atoms with Gasteiger partial charge in [0.25, 0.3) is 0 Å². The highest BCUT2D eigenvalue weighted by atomic mass is 19.1. The van der Waals surface area contributed by atoms with E-state index in [1.54, 1.807) is 6.07 Å². The Kier molecular flexibility index (Phi) is 5.19. The average Bonchev–Trinajstić information content (AvgIpc) is 2.40. The Morgan fingerprint density at radius 2 is 2.05 bits per heavy atom. The molecule has 0 heterocycles. The van der Waals surface area contributed by atoms with Crippen molar-refractivity contribution < 1.29 is 9.18 Å². The van der Waals surface area contributed by atoms with Crippen molar-refractivity contribution in [2.24, 2.45) is 0 Å². The third-order valence-corrected chi connectivity index (χ3v) is 3.53. The molecule has 1 aromatic carbocycles. The standard InChI is InChI=1S/C15H21FN2O/c16-13-6-4-5-12(11-13)9-10-17-15(19)18-14-7-2-1-3-8-14/h4-6,11,14H,1-3,7-10H2,(H2,17,18,19). The van der Waals surface area contributed by atoms with Gasteiger partial charge in [-0.1, -0.05) is 31.4 Å². The smallest absolute Gasteiger partial charge is 0.315 e. The van der Waals surface area contributed by atoms with Gasteiger partial charge in [0.15, 0.2) is 0 Å². The number of nitrogens with one attached hydrogen (secondary N) is 2. The van der Waals surface area contributed by atoms with E-state index in [-0.39, 0.29) is 11.8 Å². The minimum Gasteiger partial charge on any atom is -0.338 e. The predicted octanol–water partition coefficient (Wildman–Crippen LogP) is 3.00. The minimum absolute atomic E-state index is 0.108. The van der Waals surface area contributed by atoms with Crippen molar-refractivity contribution in [2.45, 2.75) is 44.6 Å². The topological polar surface area (TPSA) is 41.1 Å². The number of hydrogen-bond donors (Lipinski definition) is 2. The summed E-state index contributed by atoms with van der Waals surface area (Å²) >= 11 is 0. The lowest BCUT2D eigenvalue weighted by Gasteiger charge is -2.22. The summed E-state index contributed by atoms with van der Waals surface area (Å²) in [6.07, 6.45) is 6.49. The van der Waals surface area contributed by atoms with Crippen LogP contribution in [0.2, 0.25) is 0 Å². The Morgan fingerprint density at radius 1 is 1.26 bits per heavy atom. The normalized spacial score (nSPS) is 16.1. The van der Waals surface area contributed by atoms with E-state index < -0.39 is 0 Å². The molecule has 2 rings (SSSR count). The zero-order valence-corrected chi connectivity index (χ0v) is 11.1. The molecular formula is C15H21FN2O. The molecule has 0 unspecified atom stereocenters. The largest absolute Gasteiger partial charge is 0.338 e. The van der Waals surface area contributed by atoms with E-state index in [1.807, 2.05) is 6.07 Å². The molecule has 0 aromatic heterocycles. The SMILES string of the molecule is O=C(NCCc1cccc(F)c1)NC1CCCCC1. The van der Waals surface area contributed by atoms with Crippen LogP contribution in [0.15, 0.2) is 24.3 Å². The Balaban J connectivity index is 1.66. The van der Waals surface area contributed by atoms with Crippen molar-refractivity contribution in [3.8, 4) is 0 Å². The molecule has 19 heavy (non-hydrogen) atoms. The molecule has 0 bridgehead atoms. The number of carbonyl (C=O) groups excluding carboxylic acids is 1. The first-order chi connectivity index (χ1) is 9.24. The summed E-state index contributed by atoms with van der Waals surface area (Å²) in [5, 5.41) is 5.82. The third kappa shape index (κ3) is 4.89. The minimum atomic E-state index is -0.232. The van der Waals surface area contributed by atoms with Gasteiger partial charge in [0, 0.05) is 12.6 Å². The molecule has 0 radical (unpaired) electrons. The van der Waals surface area contributed by atoms with Gasteiger partial charge in [0.05, 0.1) is 0 Å². The summed E-state index contributed by atoms with van der Waals surface area (Å²) in [7, 11) is 0. The van der Waals surface area contributed by atoms with Gasteiger partial charge in [0.2, 0.25) is 0 Å². The van der Waals surface area contributed by atoms with Gasteiger partial charge in [0.1, 0.15) is 5.82 Å². The summed E-state index contributed by atoms with van der Waals surface area (Å²) in [6, 6.07) is 6.69. The molecule has 1 aromatic rings. The maximum absolute atomic E-state index is 13.0. The van der Waals surface area contributed by atoms with Crippen molar-refractivity contribution in [3.63, 3.8) is 0 Å². The molecule has 104 valence electrons. The lowest BCUT2D eigenvalue weighted by molar-refractivity contribution is 0.233.